The molecule has 0 spiro atoms. The average Bonchev–Trinajstić information content (AvgIpc) is 2.71. The van der Waals surface area contributed by atoms with E-state index < -0.39 is 16.6 Å². The second-order valence-electron chi connectivity index (χ2n) is 6.00. The molecule has 1 unspecified atom stereocenters. The molecule has 0 aromatic heterocycles. The van der Waals surface area contributed by atoms with Gasteiger partial charge in [-0.25, -0.2) is 0 Å². The average molecular weight is 363 g/mol. The summed E-state index contributed by atoms with van der Waals surface area (Å²) in [5.74, 6) is 0.709. The third-order valence-corrected chi connectivity index (χ3v) is 15.7. The van der Waals surface area contributed by atoms with Gasteiger partial charge in [-0.3, -0.25) is 0 Å². The van der Waals surface area contributed by atoms with Gasteiger partial charge in [0.25, 0.3) is 0 Å². The minimum absolute atomic E-state index is 0. The van der Waals surface area contributed by atoms with Gasteiger partial charge in [-0.1, -0.05) is 0 Å². The van der Waals surface area contributed by atoms with Crippen LogP contribution in [0.15, 0.2) is 42.7 Å². The zero-order valence-electron chi connectivity index (χ0n) is 13.3. The Morgan fingerprint density at radius 1 is 1.10 bits per heavy atom. The summed E-state index contributed by atoms with van der Waals surface area (Å²) in [7, 11) is 0. The van der Waals surface area contributed by atoms with Crippen molar-refractivity contribution in [3.8, 4) is 0 Å². The zero-order chi connectivity index (χ0) is 13.4. The Bertz CT molecular complexity index is 547. The standard InChI is InChI=1S/2C7H9.C2H6Si.2ClH.Ti/c2*1-6-3-4-7(2)5-6;1-3-2;;;/h5H,3H2,1-2H3;3,5,7H,1-2H3;1-2H3;2*1H;/q;;;;;+2/p-2. The first-order valence-corrected chi connectivity index (χ1v) is 13.3. The molecule has 2 rings (SSSR count). The molecule has 0 saturated carbocycles. The summed E-state index contributed by atoms with van der Waals surface area (Å²) in [4.78, 5) is 0. The molecule has 0 nitrogen and oxygen atoms in total. The quantitative estimate of drug-likeness (QED) is 0.551. The Labute approximate surface area is 143 Å². The van der Waals surface area contributed by atoms with Crippen LogP contribution in [0.25, 0.3) is 0 Å². The van der Waals surface area contributed by atoms with Gasteiger partial charge in [-0.15, -0.1) is 0 Å². The van der Waals surface area contributed by atoms with Crippen molar-refractivity contribution in [2.45, 2.75) is 47.2 Å². The SMILES string of the molecule is CC1=CC(C)[C]([Ti+2]([C]2=C(C)C=C(C)C2)=[Si](C)C)=C1.[Cl-].[Cl-]. The van der Waals surface area contributed by atoms with Crippen LogP contribution in [0.1, 0.15) is 34.1 Å². The third-order valence-electron chi connectivity index (χ3n) is 3.87. The molecule has 2 aliphatic rings. The Morgan fingerprint density at radius 2 is 1.70 bits per heavy atom. The van der Waals surface area contributed by atoms with Crippen LogP contribution < -0.4 is 24.8 Å². The topological polar surface area (TPSA) is 0 Å². The van der Waals surface area contributed by atoms with Crippen molar-refractivity contribution in [2.24, 2.45) is 5.92 Å². The smallest absolute Gasteiger partial charge is 1.00 e. The van der Waals surface area contributed by atoms with E-state index in [1.807, 2.05) is 7.76 Å². The molecule has 110 valence electrons. The molecule has 0 aliphatic heterocycles. The van der Waals surface area contributed by atoms with Gasteiger partial charge in [0.1, 0.15) is 0 Å². The van der Waals surface area contributed by atoms with Crippen LogP contribution in [0.4, 0.5) is 0 Å². The maximum Gasteiger partial charge on any atom is -1.00 e. The Kier molecular flexibility index (Phi) is 8.39. The van der Waals surface area contributed by atoms with Gasteiger partial charge in [0.2, 0.25) is 0 Å². The molecule has 20 heavy (non-hydrogen) atoms. The summed E-state index contributed by atoms with van der Waals surface area (Å²) < 4.78 is 3.71. The van der Waals surface area contributed by atoms with Crippen LogP contribution in [-0.2, 0) is 16.6 Å². The predicted molar refractivity (Wildman–Crippen MR) is 79.6 cm³/mol. The Hall–Kier alpha value is 0.471. The Morgan fingerprint density at radius 3 is 2.05 bits per heavy atom. The van der Waals surface area contributed by atoms with Gasteiger partial charge >= 0.3 is 119 Å². The Balaban J connectivity index is 0.00000180. The summed E-state index contributed by atoms with van der Waals surface area (Å²) in [6.45, 7) is 14.4. The number of halogens is 2. The fraction of sp³-hybridized carbons (Fsp3) is 0.500. The maximum absolute atomic E-state index is 2.54. The molecule has 0 fully saturated rings. The van der Waals surface area contributed by atoms with E-state index >= 15 is 0 Å². The summed E-state index contributed by atoms with van der Waals surface area (Å²) in [5, 5.41) is 0. The molecule has 0 bridgehead atoms. The maximum atomic E-state index is 2.54. The first-order chi connectivity index (χ1) is 8.40. The van der Waals surface area contributed by atoms with Crippen molar-refractivity contribution >= 4 is 6.19 Å². The van der Waals surface area contributed by atoms with Gasteiger partial charge in [0.05, 0.1) is 0 Å². The van der Waals surface area contributed by atoms with Crippen LogP contribution in [-0.4, -0.2) is 6.19 Å². The molecule has 0 amide bonds. The second-order valence-corrected chi connectivity index (χ2v) is 17.8. The molecule has 4 heteroatoms. The van der Waals surface area contributed by atoms with Crippen LogP contribution >= 0.6 is 0 Å². The van der Waals surface area contributed by atoms with E-state index in [0.717, 1.165) is 0 Å². The number of rotatable bonds is 2. The van der Waals surface area contributed by atoms with E-state index in [4.69, 9.17) is 0 Å². The van der Waals surface area contributed by atoms with E-state index in [0.29, 0.717) is 5.92 Å². The van der Waals surface area contributed by atoms with Crippen molar-refractivity contribution in [3.05, 3.63) is 42.7 Å². The minimum Gasteiger partial charge on any atom is -1.00 e. The molecule has 0 saturated heterocycles. The molecule has 1 atom stereocenters. The van der Waals surface area contributed by atoms with Crippen molar-refractivity contribution < 1.29 is 41.4 Å². The van der Waals surface area contributed by atoms with E-state index in [-0.39, 0.29) is 31.0 Å². The molecular weight excluding hydrogens is 339 g/mol. The minimum atomic E-state index is -1.19. The van der Waals surface area contributed by atoms with Crippen LogP contribution in [0.3, 0.4) is 0 Å². The monoisotopic (exact) mass is 362 g/mol. The van der Waals surface area contributed by atoms with E-state index in [1.54, 1.807) is 11.1 Å². The summed E-state index contributed by atoms with van der Waals surface area (Å²) in [5.41, 5.74) is 4.67. The number of hydrogen-bond donors (Lipinski definition) is 0. The molecule has 0 radical (unpaired) electrons. The second kappa shape index (κ2) is 8.20. The van der Waals surface area contributed by atoms with Crippen LogP contribution in [0.2, 0.25) is 13.1 Å². The fourth-order valence-corrected chi connectivity index (χ4v) is 15.7. The summed E-state index contributed by atoms with van der Waals surface area (Å²) >= 11 is -1.19. The molecular formula is C16H24Cl2SiTi. The molecule has 0 aromatic carbocycles. The summed E-state index contributed by atoms with van der Waals surface area (Å²) in [6, 6.07) is 0. The van der Waals surface area contributed by atoms with Gasteiger partial charge in [-0.05, 0) is 0 Å². The number of allylic oxidation sites excluding steroid dienone is 8. The molecule has 2 aliphatic carbocycles. The van der Waals surface area contributed by atoms with E-state index in [9.17, 15) is 0 Å². The molecule has 0 heterocycles. The van der Waals surface area contributed by atoms with Crippen LogP contribution in [0, 0.1) is 5.92 Å². The summed E-state index contributed by atoms with van der Waals surface area (Å²) in [6.07, 6.45) is 8.50. The van der Waals surface area contributed by atoms with Gasteiger partial charge < -0.3 is 24.8 Å². The van der Waals surface area contributed by atoms with Gasteiger partial charge in [0, 0.05) is 0 Å². The fourth-order valence-electron chi connectivity index (χ4n) is 3.19. The van der Waals surface area contributed by atoms with Gasteiger partial charge in [0.15, 0.2) is 0 Å². The normalized spacial score (nSPS) is 20.2. The van der Waals surface area contributed by atoms with Crippen molar-refractivity contribution in [2.75, 3.05) is 0 Å². The first-order valence-electron chi connectivity index (χ1n) is 6.85. The van der Waals surface area contributed by atoms with Crippen molar-refractivity contribution in [3.63, 3.8) is 0 Å². The van der Waals surface area contributed by atoms with E-state index in [2.05, 4.69) is 59.0 Å². The third kappa shape index (κ3) is 4.24. The first kappa shape index (κ1) is 20.5. The molecule has 0 N–H and O–H groups in total. The van der Waals surface area contributed by atoms with E-state index in [1.165, 1.54) is 12.0 Å². The van der Waals surface area contributed by atoms with Crippen molar-refractivity contribution in [1.82, 2.24) is 0 Å². The van der Waals surface area contributed by atoms with Crippen LogP contribution in [0.5, 0.6) is 0 Å². The van der Waals surface area contributed by atoms with Gasteiger partial charge in [-0.2, -0.15) is 0 Å². The predicted octanol–water partition coefficient (Wildman–Crippen LogP) is -1.03. The molecule has 0 aromatic rings. The largest absolute Gasteiger partial charge is 1.00 e. The van der Waals surface area contributed by atoms with Crippen molar-refractivity contribution in [1.29, 1.82) is 0 Å². The zero-order valence-corrected chi connectivity index (χ0v) is 17.3. The number of hydrogen-bond acceptors (Lipinski definition) is 0.